The minimum Gasteiger partial charge on any atom is -0.384 e. The number of benzene rings is 2. The van der Waals surface area contributed by atoms with Gasteiger partial charge in [0.2, 0.25) is 0 Å². The van der Waals surface area contributed by atoms with Crippen LogP contribution in [0, 0.1) is 0 Å². The summed E-state index contributed by atoms with van der Waals surface area (Å²) in [6, 6.07) is 15.4. The summed E-state index contributed by atoms with van der Waals surface area (Å²) in [5.41, 5.74) is 6.93. The molecule has 3 heteroatoms. The minimum atomic E-state index is 0.277. The number of hydrogen-bond donors (Lipinski definition) is 1. The van der Waals surface area contributed by atoms with E-state index in [2.05, 4.69) is 52.7 Å². The van der Waals surface area contributed by atoms with E-state index in [1.807, 2.05) is 7.11 Å². The van der Waals surface area contributed by atoms with Crippen LogP contribution in [0.5, 0.6) is 0 Å². The van der Waals surface area contributed by atoms with Gasteiger partial charge in [-0.25, -0.2) is 0 Å². The SMILES string of the molecule is COC1Cc2ccccc2N(Cc2cccc3c2NCC3)C1. The molecule has 0 bridgehead atoms. The van der Waals surface area contributed by atoms with Crippen LogP contribution >= 0.6 is 0 Å². The fourth-order valence-corrected chi connectivity index (χ4v) is 3.70. The van der Waals surface area contributed by atoms with Crippen molar-refractivity contribution in [2.45, 2.75) is 25.5 Å². The van der Waals surface area contributed by atoms with Crippen molar-refractivity contribution in [1.29, 1.82) is 0 Å². The molecule has 114 valence electrons. The molecule has 1 N–H and O–H groups in total. The number of fused-ring (bicyclic) bond motifs is 2. The largest absolute Gasteiger partial charge is 0.384 e. The van der Waals surface area contributed by atoms with E-state index >= 15 is 0 Å². The second kappa shape index (κ2) is 5.65. The lowest BCUT2D eigenvalue weighted by Gasteiger charge is -2.36. The van der Waals surface area contributed by atoms with Crippen molar-refractivity contribution in [3.63, 3.8) is 0 Å². The maximum atomic E-state index is 5.65. The maximum absolute atomic E-state index is 5.65. The van der Waals surface area contributed by atoms with Crippen molar-refractivity contribution in [1.82, 2.24) is 0 Å². The van der Waals surface area contributed by atoms with Crippen LogP contribution in [0.1, 0.15) is 16.7 Å². The molecule has 2 aliphatic rings. The fraction of sp³-hybridized carbons (Fsp3) is 0.368. The third-order valence-electron chi connectivity index (χ3n) is 4.83. The molecule has 0 amide bonds. The summed E-state index contributed by atoms with van der Waals surface area (Å²) >= 11 is 0. The molecule has 0 aliphatic carbocycles. The molecule has 3 nitrogen and oxygen atoms in total. The van der Waals surface area contributed by atoms with Crippen molar-refractivity contribution < 1.29 is 4.74 Å². The predicted molar refractivity (Wildman–Crippen MR) is 90.6 cm³/mol. The number of ether oxygens (including phenoxy) is 1. The van der Waals surface area contributed by atoms with Crippen molar-refractivity contribution in [3.8, 4) is 0 Å². The Kier molecular flexibility index (Phi) is 3.51. The smallest absolute Gasteiger partial charge is 0.0787 e. The van der Waals surface area contributed by atoms with Crippen molar-refractivity contribution >= 4 is 11.4 Å². The molecule has 4 rings (SSSR count). The molecule has 2 heterocycles. The van der Waals surface area contributed by atoms with Gasteiger partial charge in [0.15, 0.2) is 0 Å². The highest BCUT2D eigenvalue weighted by atomic mass is 16.5. The van der Waals surface area contributed by atoms with E-state index in [0.717, 1.165) is 32.5 Å². The number of nitrogens with zero attached hydrogens (tertiary/aromatic N) is 1. The third-order valence-corrected chi connectivity index (χ3v) is 4.83. The summed E-state index contributed by atoms with van der Waals surface area (Å²) < 4.78 is 5.65. The van der Waals surface area contributed by atoms with Gasteiger partial charge < -0.3 is 15.0 Å². The molecule has 22 heavy (non-hydrogen) atoms. The van der Waals surface area contributed by atoms with E-state index in [1.54, 1.807) is 0 Å². The molecule has 2 aromatic carbocycles. The van der Waals surface area contributed by atoms with Gasteiger partial charge in [0.05, 0.1) is 6.10 Å². The number of nitrogens with one attached hydrogen (secondary N) is 1. The van der Waals surface area contributed by atoms with Gasteiger partial charge >= 0.3 is 0 Å². The van der Waals surface area contributed by atoms with E-state index in [0.29, 0.717) is 0 Å². The summed E-state index contributed by atoms with van der Waals surface area (Å²) in [5, 5.41) is 3.55. The van der Waals surface area contributed by atoms with Crippen LogP contribution in [-0.4, -0.2) is 26.3 Å². The lowest BCUT2D eigenvalue weighted by atomic mass is 9.98. The van der Waals surface area contributed by atoms with Crippen LogP contribution in [0.15, 0.2) is 42.5 Å². The van der Waals surface area contributed by atoms with Crippen LogP contribution in [0.3, 0.4) is 0 Å². The van der Waals surface area contributed by atoms with E-state index in [-0.39, 0.29) is 6.10 Å². The van der Waals surface area contributed by atoms with Crippen molar-refractivity contribution in [2.75, 3.05) is 30.4 Å². The topological polar surface area (TPSA) is 24.5 Å². The molecular formula is C19H22N2O. The van der Waals surface area contributed by atoms with Gasteiger partial charge in [-0.05, 0) is 29.2 Å². The maximum Gasteiger partial charge on any atom is 0.0787 e. The van der Waals surface area contributed by atoms with Crippen LogP contribution in [-0.2, 0) is 24.1 Å². The van der Waals surface area contributed by atoms with E-state index in [4.69, 9.17) is 4.74 Å². The standard InChI is InChI=1S/C19H22N2O/c1-22-17-11-15-5-2-3-8-18(15)21(13-17)12-16-7-4-6-14-9-10-20-19(14)16/h2-8,17,20H,9-13H2,1H3. The summed E-state index contributed by atoms with van der Waals surface area (Å²) in [6.07, 6.45) is 2.43. The monoisotopic (exact) mass is 294 g/mol. The molecule has 2 aliphatic heterocycles. The average Bonchev–Trinajstić information content (AvgIpc) is 3.04. The van der Waals surface area contributed by atoms with E-state index < -0.39 is 0 Å². The Balaban J connectivity index is 1.67. The molecule has 0 spiro atoms. The Hall–Kier alpha value is -2.00. The molecule has 0 radical (unpaired) electrons. The van der Waals surface area contributed by atoms with E-state index in [9.17, 15) is 0 Å². The molecule has 2 aromatic rings. The fourth-order valence-electron chi connectivity index (χ4n) is 3.70. The predicted octanol–water partition coefficient (Wildman–Crippen LogP) is 3.23. The average molecular weight is 294 g/mol. The molecule has 1 atom stereocenters. The molecule has 0 saturated carbocycles. The number of rotatable bonds is 3. The van der Waals surface area contributed by atoms with Gasteiger partial charge in [0, 0.05) is 44.5 Å². The quantitative estimate of drug-likeness (QED) is 0.940. The van der Waals surface area contributed by atoms with Crippen LogP contribution in [0.2, 0.25) is 0 Å². The highest BCUT2D eigenvalue weighted by molar-refractivity contribution is 5.63. The summed E-state index contributed by atoms with van der Waals surface area (Å²) in [4.78, 5) is 2.46. The van der Waals surface area contributed by atoms with Crippen LogP contribution in [0.4, 0.5) is 11.4 Å². The second-order valence-corrected chi connectivity index (χ2v) is 6.20. The lowest BCUT2D eigenvalue weighted by molar-refractivity contribution is 0.104. The highest BCUT2D eigenvalue weighted by Gasteiger charge is 2.25. The van der Waals surface area contributed by atoms with Gasteiger partial charge in [-0.1, -0.05) is 36.4 Å². The lowest BCUT2D eigenvalue weighted by Crippen LogP contribution is -2.39. The van der Waals surface area contributed by atoms with Gasteiger partial charge in [0.25, 0.3) is 0 Å². The van der Waals surface area contributed by atoms with E-state index in [1.165, 1.54) is 28.1 Å². The third kappa shape index (κ3) is 2.35. The van der Waals surface area contributed by atoms with Crippen LogP contribution in [0.25, 0.3) is 0 Å². The summed E-state index contributed by atoms with van der Waals surface area (Å²) in [5.74, 6) is 0. The Morgan fingerprint density at radius 2 is 2.00 bits per heavy atom. The number of methoxy groups -OCH3 is 1. The summed E-state index contributed by atoms with van der Waals surface area (Å²) in [7, 11) is 1.82. The molecule has 1 unspecified atom stereocenters. The summed E-state index contributed by atoms with van der Waals surface area (Å²) in [6.45, 7) is 2.95. The number of anilines is 2. The molecule has 0 aromatic heterocycles. The Bertz CT molecular complexity index is 683. The zero-order valence-electron chi connectivity index (χ0n) is 13.0. The van der Waals surface area contributed by atoms with Gasteiger partial charge in [-0.3, -0.25) is 0 Å². The number of hydrogen-bond acceptors (Lipinski definition) is 3. The molecule has 0 saturated heterocycles. The molecule has 0 fully saturated rings. The normalized spacial score (nSPS) is 19.5. The minimum absolute atomic E-state index is 0.277. The zero-order chi connectivity index (χ0) is 14.9. The first-order valence-corrected chi connectivity index (χ1v) is 8.05. The first-order chi connectivity index (χ1) is 10.8. The van der Waals surface area contributed by atoms with Crippen LogP contribution < -0.4 is 10.2 Å². The second-order valence-electron chi connectivity index (χ2n) is 6.20. The molecular weight excluding hydrogens is 272 g/mol. The zero-order valence-corrected chi connectivity index (χ0v) is 13.0. The Morgan fingerprint density at radius 3 is 2.91 bits per heavy atom. The highest BCUT2D eigenvalue weighted by Crippen LogP contribution is 2.32. The Morgan fingerprint density at radius 1 is 1.14 bits per heavy atom. The van der Waals surface area contributed by atoms with Gasteiger partial charge in [-0.15, -0.1) is 0 Å². The first kappa shape index (κ1) is 13.6. The van der Waals surface area contributed by atoms with Gasteiger partial charge in [0.1, 0.15) is 0 Å². The number of para-hydroxylation sites is 2. The Labute approximate surface area is 131 Å². The van der Waals surface area contributed by atoms with Crippen molar-refractivity contribution in [3.05, 3.63) is 59.2 Å². The van der Waals surface area contributed by atoms with Crippen molar-refractivity contribution in [2.24, 2.45) is 0 Å². The van der Waals surface area contributed by atoms with Gasteiger partial charge in [-0.2, -0.15) is 0 Å². The first-order valence-electron chi connectivity index (χ1n) is 8.05.